The molecule has 0 fully saturated rings. The Morgan fingerprint density at radius 1 is 1.33 bits per heavy atom. The highest BCUT2D eigenvalue weighted by Gasteiger charge is 2.11. The van der Waals surface area contributed by atoms with Crippen LogP contribution in [0.3, 0.4) is 0 Å². The molecule has 0 unspecified atom stereocenters. The van der Waals surface area contributed by atoms with E-state index >= 15 is 0 Å². The maximum absolute atomic E-state index is 11.4. The molecule has 18 heavy (non-hydrogen) atoms. The molecule has 0 aliphatic rings. The highest BCUT2D eigenvalue weighted by atomic mass is 16.5. The van der Waals surface area contributed by atoms with Gasteiger partial charge in [0.05, 0.1) is 19.3 Å². The number of hydrogen-bond donors (Lipinski definition) is 1. The van der Waals surface area contributed by atoms with Gasteiger partial charge in [0.15, 0.2) is 5.69 Å². The second kappa shape index (κ2) is 5.92. The number of carbonyl (C=O) groups excluding carboxylic acids is 1. The summed E-state index contributed by atoms with van der Waals surface area (Å²) >= 11 is 0. The monoisotopic (exact) mass is 247 g/mol. The number of aromatic nitrogens is 3. The molecule has 1 N–H and O–H groups in total. The summed E-state index contributed by atoms with van der Waals surface area (Å²) in [7, 11) is 0. The zero-order valence-corrected chi connectivity index (χ0v) is 9.69. The molecule has 6 nitrogen and oxygen atoms in total. The van der Waals surface area contributed by atoms with Crippen molar-refractivity contribution in [3.8, 4) is 0 Å². The first-order chi connectivity index (χ1) is 8.79. The van der Waals surface area contributed by atoms with Crippen LogP contribution in [0.1, 0.15) is 16.1 Å². The zero-order valence-electron chi connectivity index (χ0n) is 9.69. The quantitative estimate of drug-likeness (QED) is 0.777. The molecule has 94 valence electrons. The number of aliphatic hydroxyl groups excluding tert-OH is 1. The third-order valence-electron chi connectivity index (χ3n) is 2.26. The van der Waals surface area contributed by atoms with E-state index in [9.17, 15) is 4.79 Å². The van der Waals surface area contributed by atoms with Crippen LogP contribution in [-0.2, 0) is 11.3 Å². The number of benzene rings is 1. The summed E-state index contributed by atoms with van der Waals surface area (Å²) < 4.78 is 6.30. The Balaban J connectivity index is 2.00. The van der Waals surface area contributed by atoms with Crippen molar-refractivity contribution in [1.29, 1.82) is 0 Å². The molecule has 0 aliphatic heterocycles. The van der Waals surface area contributed by atoms with Crippen molar-refractivity contribution in [2.75, 3.05) is 13.2 Å². The third-order valence-corrected chi connectivity index (χ3v) is 2.26. The van der Waals surface area contributed by atoms with E-state index in [1.165, 1.54) is 6.20 Å². The van der Waals surface area contributed by atoms with Gasteiger partial charge < -0.3 is 9.84 Å². The van der Waals surface area contributed by atoms with Crippen molar-refractivity contribution in [3.05, 3.63) is 47.8 Å². The number of esters is 1. The molecule has 1 aromatic carbocycles. The molecule has 1 heterocycles. The highest BCUT2D eigenvalue weighted by Crippen LogP contribution is 2.03. The molecule has 0 atom stereocenters. The lowest BCUT2D eigenvalue weighted by atomic mass is 10.2. The standard InChI is InChI=1S/C12H13N3O3/c16-6-7-18-12(17)11-9-15(14-13-11)8-10-4-2-1-3-5-10/h1-5,9,16H,6-8H2. The van der Waals surface area contributed by atoms with Crippen molar-refractivity contribution in [2.45, 2.75) is 6.54 Å². The van der Waals surface area contributed by atoms with Gasteiger partial charge in [0.2, 0.25) is 0 Å². The van der Waals surface area contributed by atoms with Gasteiger partial charge in [-0.25, -0.2) is 9.48 Å². The van der Waals surface area contributed by atoms with Crippen molar-refractivity contribution < 1.29 is 14.6 Å². The Hall–Kier alpha value is -2.21. The molecule has 0 saturated carbocycles. The molecule has 1 aromatic heterocycles. The molecular formula is C12H13N3O3. The van der Waals surface area contributed by atoms with Crippen LogP contribution in [0.4, 0.5) is 0 Å². The van der Waals surface area contributed by atoms with Crippen molar-refractivity contribution in [1.82, 2.24) is 15.0 Å². The highest BCUT2D eigenvalue weighted by molar-refractivity contribution is 5.86. The number of carbonyl (C=O) groups is 1. The van der Waals surface area contributed by atoms with Gasteiger partial charge in [-0.15, -0.1) is 5.10 Å². The molecule has 2 aromatic rings. The summed E-state index contributed by atoms with van der Waals surface area (Å²) in [5, 5.41) is 16.1. The smallest absolute Gasteiger partial charge is 0.360 e. The number of rotatable bonds is 5. The largest absolute Gasteiger partial charge is 0.458 e. The SMILES string of the molecule is O=C(OCCO)c1cn(Cc2ccccc2)nn1. The first-order valence-corrected chi connectivity index (χ1v) is 5.51. The predicted molar refractivity (Wildman–Crippen MR) is 62.9 cm³/mol. The lowest BCUT2D eigenvalue weighted by Crippen LogP contribution is -2.09. The second-order valence-electron chi connectivity index (χ2n) is 3.65. The number of aliphatic hydroxyl groups is 1. The Labute approximate surface area is 104 Å². The Kier molecular flexibility index (Phi) is 4.03. The summed E-state index contributed by atoms with van der Waals surface area (Å²) in [6.45, 7) is 0.301. The van der Waals surface area contributed by atoms with Gasteiger partial charge in [-0.2, -0.15) is 0 Å². The van der Waals surface area contributed by atoms with Crippen LogP contribution in [0.15, 0.2) is 36.5 Å². The van der Waals surface area contributed by atoms with Crippen molar-refractivity contribution in [3.63, 3.8) is 0 Å². The summed E-state index contributed by atoms with van der Waals surface area (Å²) in [4.78, 5) is 11.4. The number of ether oxygens (including phenoxy) is 1. The van der Waals surface area contributed by atoms with Gasteiger partial charge >= 0.3 is 5.97 Å². The van der Waals surface area contributed by atoms with Crippen LogP contribution in [-0.4, -0.2) is 39.3 Å². The Bertz CT molecular complexity index is 510. The molecule has 0 spiro atoms. The minimum absolute atomic E-state index is 0.0373. The molecule has 0 amide bonds. The van der Waals surface area contributed by atoms with E-state index in [0.717, 1.165) is 5.56 Å². The van der Waals surface area contributed by atoms with E-state index in [2.05, 4.69) is 10.3 Å². The third kappa shape index (κ3) is 3.14. The van der Waals surface area contributed by atoms with Crippen LogP contribution in [0.25, 0.3) is 0 Å². The van der Waals surface area contributed by atoms with Gasteiger partial charge in [-0.05, 0) is 5.56 Å². The van der Waals surface area contributed by atoms with E-state index in [-0.39, 0.29) is 18.9 Å². The first-order valence-electron chi connectivity index (χ1n) is 5.51. The van der Waals surface area contributed by atoms with E-state index in [1.54, 1.807) is 4.68 Å². The number of hydrogen-bond acceptors (Lipinski definition) is 5. The molecule has 0 radical (unpaired) electrons. The average Bonchev–Trinajstić information content (AvgIpc) is 2.86. The Morgan fingerprint density at radius 3 is 2.83 bits per heavy atom. The minimum Gasteiger partial charge on any atom is -0.458 e. The van der Waals surface area contributed by atoms with E-state index in [4.69, 9.17) is 9.84 Å². The van der Waals surface area contributed by atoms with Crippen molar-refractivity contribution in [2.24, 2.45) is 0 Å². The molecule has 6 heteroatoms. The first kappa shape index (κ1) is 12.3. The van der Waals surface area contributed by atoms with Crippen LogP contribution in [0, 0.1) is 0 Å². The van der Waals surface area contributed by atoms with Gasteiger partial charge in [0.1, 0.15) is 6.61 Å². The molecule has 0 bridgehead atoms. The fraction of sp³-hybridized carbons (Fsp3) is 0.250. The van der Waals surface area contributed by atoms with Gasteiger partial charge in [0, 0.05) is 0 Å². The Morgan fingerprint density at radius 2 is 2.11 bits per heavy atom. The van der Waals surface area contributed by atoms with Crippen LogP contribution in [0.5, 0.6) is 0 Å². The summed E-state index contributed by atoms with van der Waals surface area (Å²) in [6.07, 6.45) is 1.52. The molecule has 0 aliphatic carbocycles. The maximum atomic E-state index is 11.4. The van der Waals surface area contributed by atoms with Crippen LogP contribution < -0.4 is 0 Å². The summed E-state index contributed by atoms with van der Waals surface area (Å²) in [5.74, 6) is -0.580. The fourth-order valence-corrected chi connectivity index (χ4v) is 1.45. The topological polar surface area (TPSA) is 77.2 Å². The van der Waals surface area contributed by atoms with Crippen molar-refractivity contribution >= 4 is 5.97 Å². The average molecular weight is 247 g/mol. The van der Waals surface area contributed by atoms with E-state index in [0.29, 0.717) is 6.54 Å². The maximum Gasteiger partial charge on any atom is 0.360 e. The summed E-state index contributed by atoms with van der Waals surface area (Å²) in [5.41, 5.74) is 1.21. The van der Waals surface area contributed by atoms with E-state index in [1.807, 2.05) is 30.3 Å². The molecule has 0 saturated heterocycles. The lowest BCUT2D eigenvalue weighted by molar-refractivity contribution is 0.0427. The van der Waals surface area contributed by atoms with Gasteiger partial charge in [-0.1, -0.05) is 35.5 Å². The minimum atomic E-state index is -0.580. The zero-order chi connectivity index (χ0) is 12.8. The predicted octanol–water partition coefficient (Wildman–Crippen LogP) is 0.475. The second-order valence-corrected chi connectivity index (χ2v) is 3.65. The fourth-order valence-electron chi connectivity index (χ4n) is 1.45. The van der Waals surface area contributed by atoms with Gasteiger partial charge in [0.25, 0.3) is 0 Å². The van der Waals surface area contributed by atoms with Gasteiger partial charge in [-0.3, -0.25) is 0 Å². The normalized spacial score (nSPS) is 10.3. The van der Waals surface area contributed by atoms with Crippen LogP contribution in [0.2, 0.25) is 0 Å². The van der Waals surface area contributed by atoms with E-state index < -0.39 is 5.97 Å². The summed E-state index contributed by atoms with van der Waals surface area (Å²) in [6, 6.07) is 9.73. The number of nitrogens with zero attached hydrogens (tertiary/aromatic N) is 3. The lowest BCUT2D eigenvalue weighted by Gasteiger charge is -1.99. The molecular weight excluding hydrogens is 234 g/mol. The van der Waals surface area contributed by atoms with Crippen LogP contribution >= 0.6 is 0 Å². The molecule has 2 rings (SSSR count).